The molecule has 4 nitrogen and oxygen atoms in total. The van der Waals surface area contributed by atoms with E-state index in [0.29, 0.717) is 11.3 Å². The van der Waals surface area contributed by atoms with Crippen LogP contribution in [0.2, 0.25) is 0 Å². The summed E-state index contributed by atoms with van der Waals surface area (Å²) in [5.74, 6) is -1.12. The Labute approximate surface area is 148 Å². The van der Waals surface area contributed by atoms with E-state index in [4.69, 9.17) is 4.74 Å². The molecular weight excluding hydrogens is 348 g/mol. The van der Waals surface area contributed by atoms with Crippen molar-refractivity contribution in [3.8, 4) is 0 Å². The summed E-state index contributed by atoms with van der Waals surface area (Å²) in [5, 5.41) is 2.48. The van der Waals surface area contributed by atoms with Crippen LogP contribution >= 0.6 is 11.8 Å². The van der Waals surface area contributed by atoms with Crippen LogP contribution in [0.15, 0.2) is 48.5 Å². The zero-order chi connectivity index (χ0) is 18.1. The standard InChI is InChI=1S/C18H17F2NO3S/c19-15-7-5-13(6-8-15)11-25-12-18(23)24-10-17(22)21-9-14-3-1-2-4-16(14)20/h1-8H,9-12H2,(H,21,22). The van der Waals surface area contributed by atoms with Gasteiger partial charge in [-0.05, 0) is 23.8 Å². The minimum absolute atomic E-state index is 0.0301. The minimum Gasteiger partial charge on any atom is -0.455 e. The van der Waals surface area contributed by atoms with E-state index in [2.05, 4.69) is 5.32 Å². The van der Waals surface area contributed by atoms with Crippen molar-refractivity contribution in [3.05, 3.63) is 71.3 Å². The van der Waals surface area contributed by atoms with Gasteiger partial charge in [0.25, 0.3) is 5.91 Å². The fraction of sp³-hybridized carbons (Fsp3) is 0.222. The van der Waals surface area contributed by atoms with Gasteiger partial charge in [0.1, 0.15) is 11.6 Å². The first-order valence-electron chi connectivity index (χ1n) is 7.52. The summed E-state index contributed by atoms with van der Waals surface area (Å²) in [4.78, 5) is 23.2. The number of rotatable bonds is 8. The molecule has 0 saturated heterocycles. The number of ether oxygens (including phenoxy) is 1. The first-order chi connectivity index (χ1) is 12.0. The number of benzene rings is 2. The van der Waals surface area contributed by atoms with Gasteiger partial charge in [0.05, 0.1) is 5.75 Å². The predicted octanol–water partition coefficient (Wildman–Crippen LogP) is 3.06. The topological polar surface area (TPSA) is 55.4 Å². The van der Waals surface area contributed by atoms with Gasteiger partial charge in [-0.15, -0.1) is 11.8 Å². The molecule has 1 N–H and O–H groups in total. The average molecular weight is 365 g/mol. The van der Waals surface area contributed by atoms with Crippen molar-refractivity contribution in [3.63, 3.8) is 0 Å². The Morgan fingerprint density at radius 2 is 1.76 bits per heavy atom. The van der Waals surface area contributed by atoms with E-state index in [0.717, 1.165) is 5.56 Å². The number of carbonyl (C=O) groups excluding carboxylic acids is 2. The van der Waals surface area contributed by atoms with Gasteiger partial charge in [0.2, 0.25) is 0 Å². The van der Waals surface area contributed by atoms with Crippen molar-refractivity contribution < 1.29 is 23.1 Å². The molecule has 0 aliphatic carbocycles. The van der Waals surface area contributed by atoms with Crippen molar-refractivity contribution in [2.24, 2.45) is 0 Å². The van der Waals surface area contributed by atoms with Crippen molar-refractivity contribution in [1.29, 1.82) is 0 Å². The fourth-order valence-electron chi connectivity index (χ4n) is 1.91. The van der Waals surface area contributed by atoms with E-state index >= 15 is 0 Å². The highest BCUT2D eigenvalue weighted by Crippen LogP contribution is 2.13. The summed E-state index contributed by atoms with van der Waals surface area (Å²) in [6.07, 6.45) is 0. The minimum atomic E-state index is -0.520. The van der Waals surface area contributed by atoms with Gasteiger partial charge < -0.3 is 10.1 Å². The third-order valence-corrected chi connectivity index (χ3v) is 4.18. The highest BCUT2D eigenvalue weighted by Gasteiger charge is 2.09. The molecule has 0 aliphatic heterocycles. The van der Waals surface area contributed by atoms with E-state index in [1.165, 1.54) is 30.0 Å². The number of carbonyl (C=O) groups is 2. The van der Waals surface area contributed by atoms with E-state index < -0.39 is 24.3 Å². The zero-order valence-electron chi connectivity index (χ0n) is 13.3. The second-order valence-electron chi connectivity index (χ2n) is 5.15. The lowest BCUT2D eigenvalue weighted by atomic mass is 10.2. The lowest BCUT2D eigenvalue weighted by Gasteiger charge is -2.07. The Kier molecular flexibility index (Phi) is 7.40. The Morgan fingerprint density at radius 3 is 2.48 bits per heavy atom. The molecule has 2 aromatic rings. The number of esters is 1. The predicted molar refractivity (Wildman–Crippen MR) is 91.8 cm³/mol. The van der Waals surface area contributed by atoms with Gasteiger partial charge in [-0.3, -0.25) is 9.59 Å². The molecule has 7 heteroatoms. The molecule has 2 aromatic carbocycles. The normalized spacial score (nSPS) is 10.3. The number of nitrogens with one attached hydrogen (secondary N) is 1. The van der Waals surface area contributed by atoms with Gasteiger partial charge >= 0.3 is 5.97 Å². The van der Waals surface area contributed by atoms with Crippen LogP contribution in [0.4, 0.5) is 8.78 Å². The zero-order valence-corrected chi connectivity index (χ0v) is 14.2. The quantitative estimate of drug-likeness (QED) is 0.731. The average Bonchev–Trinajstić information content (AvgIpc) is 2.61. The van der Waals surface area contributed by atoms with Gasteiger partial charge in [0.15, 0.2) is 6.61 Å². The lowest BCUT2D eigenvalue weighted by molar-refractivity contribution is -0.145. The molecule has 2 rings (SSSR count). The number of halogens is 2. The summed E-state index contributed by atoms with van der Waals surface area (Å²) >= 11 is 1.31. The maximum atomic E-state index is 13.4. The van der Waals surface area contributed by atoms with Crippen LogP contribution in [-0.2, 0) is 26.6 Å². The molecule has 0 aromatic heterocycles. The molecule has 0 radical (unpaired) electrons. The van der Waals surface area contributed by atoms with Crippen molar-refractivity contribution in [1.82, 2.24) is 5.32 Å². The van der Waals surface area contributed by atoms with E-state index in [-0.39, 0.29) is 18.1 Å². The number of hydrogen-bond donors (Lipinski definition) is 1. The molecule has 0 bridgehead atoms. The molecule has 0 spiro atoms. The maximum Gasteiger partial charge on any atom is 0.316 e. The first-order valence-corrected chi connectivity index (χ1v) is 8.68. The highest BCUT2D eigenvalue weighted by molar-refractivity contribution is 7.99. The highest BCUT2D eigenvalue weighted by atomic mass is 32.2. The first kappa shape index (κ1) is 18.9. The Hall–Kier alpha value is -2.41. The molecule has 25 heavy (non-hydrogen) atoms. The van der Waals surface area contributed by atoms with Gasteiger partial charge in [0, 0.05) is 17.9 Å². The summed E-state index contributed by atoms with van der Waals surface area (Å²) in [6.45, 7) is -0.382. The maximum absolute atomic E-state index is 13.4. The van der Waals surface area contributed by atoms with E-state index in [9.17, 15) is 18.4 Å². The van der Waals surface area contributed by atoms with Crippen molar-refractivity contribution in [2.75, 3.05) is 12.4 Å². The number of amides is 1. The molecule has 1 amide bonds. The third-order valence-electron chi connectivity index (χ3n) is 3.20. The third kappa shape index (κ3) is 6.93. The Morgan fingerprint density at radius 1 is 1.04 bits per heavy atom. The summed E-state index contributed by atoms with van der Waals surface area (Å²) < 4.78 is 31.0. The molecule has 0 saturated carbocycles. The van der Waals surface area contributed by atoms with Crippen LogP contribution in [0.1, 0.15) is 11.1 Å². The molecule has 0 atom stereocenters. The second-order valence-corrected chi connectivity index (χ2v) is 6.13. The molecule has 0 aliphatic rings. The molecule has 0 heterocycles. The SMILES string of the molecule is O=C(COC(=O)CSCc1ccc(F)cc1)NCc1ccccc1F. The lowest BCUT2D eigenvalue weighted by Crippen LogP contribution is -2.29. The number of hydrogen-bond acceptors (Lipinski definition) is 4. The molecular formula is C18H17F2NO3S. The largest absolute Gasteiger partial charge is 0.455 e. The summed E-state index contributed by atoms with van der Waals surface area (Å²) in [5.41, 5.74) is 1.25. The smallest absolute Gasteiger partial charge is 0.316 e. The van der Waals surface area contributed by atoms with Gasteiger partial charge in [-0.1, -0.05) is 30.3 Å². The monoisotopic (exact) mass is 365 g/mol. The molecule has 0 unspecified atom stereocenters. The Balaban J connectivity index is 1.61. The molecule has 0 fully saturated rings. The Bertz CT molecular complexity index is 723. The van der Waals surface area contributed by atoms with Crippen LogP contribution in [0.5, 0.6) is 0 Å². The summed E-state index contributed by atoms with van der Waals surface area (Å²) in [7, 11) is 0. The van der Waals surface area contributed by atoms with Crippen molar-refractivity contribution >= 4 is 23.6 Å². The van der Waals surface area contributed by atoms with E-state index in [1.54, 1.807) is 30.3 Å². The van der Waals surface area contributed by atoms with Crippen LogP contribution in [0.3, 0.4) is 0 Å². The van der Waals surface area contributed by atoms with Crippen LogP contribution in [0.25, 0.3) is 0 Å². The summed E-state index contributed by atoms with van der Waals surface area (Å²) in [6, 6.07) is 12.1. The van der Waals surface area contributed by atoms with Crippen LogP contribution in [0, 0.1) is 11.6 Å². The van der Waals surface area contributed by atoms with Crippen LogP contribution in [-0.4, -0.2) is 24.2 Å². The van der Waals surface area contributed by atoms with Crippen molar-refractivity contribution in [2.45, 2.75) is 12.3 Å². The van der Waals surface area contributed by atoms with Gasteiger partial charge in [-0.2, -0.15) is 0 Å². The van der Waals surface area contributed by atoms with Crippen LogP contribution < -0.4 is 5.32 Å². The van der Waals surface area contributed by atoms with Gasteiger partial charge in [-0.25, -0.2) is 8.78 Å². The fourth-order valence-corrected chi connectivity index (χ4v) is 2.69. The second kappa shape index (κ2) is 9.78. The molecule has 132 valence electrons. The number of thioether (sulfide) groups is 1. The van der Waals surface area contributed by atoms with E-state index in [1.807, 2.05) is 0 Å².